The largest absolute Gasteiger partial charge is 0.383 e. The van der Waals surface area contributed by atoms with Gasteiger partial charge in [-0.15, -0.1) is 0 Å². The molecule has 0 bridgehead atoms. The average molecular weight is 285 g/mol. The quantitative estimate of drug-likeness (QED) is 0.828. The number of fused-ring (bicyclic) bond motifs is 1. The number of nitrogens with zero attached hydrogens (tertiary/aromatic N) is 1. The summed E-state index contributed by atoms with van der Waals surface area (Å²) in [5, 5.41) is 0.713. The van der Waals surface area contributed by atoms with Crippen LogP contribution in [0.15, 0.2) is 18.2 Å². The highest BCUT2D eigenvalue weighted by molar-refractivity contribution is 7.71. The van der Waals surface area contributed by atoms with Crippen LogP contribution in [0.4, 0.5) is 0 Å². The van der Waals surface area contributed by atoms with Gasteiger partial charge in [-0.1, -0.05) is 24.9 Å². The topological polar surface area (TPSA) is 29.9 Å². The van der Waals surface area contributed by atoms with Crippen molar-refractivity contribution in [3.05, 3.63) is 28.0 Å². The van der Waals surface area contributed by atoms with Gasteiger partial charge in [0, 0.05) is 12.1 Å². The van der Waals surface area contributed by atoms with Crippen molar-refractivity contribution in [2.45, 2.75) is 25.8 Å². The van der Waals surface area contributed by atoms with E-state index < -0.39 is 0 Å². The lowest BCUT2D eigenvalue weighted by atomic mass is 10.1. The molecule has 1 N–H and O–H groups in total. The smallest absolute Gasteiger partial charge is 0.178 e. The van der Waals surface area contributed by atoms with Gasteiger partial charge >= 0.3 is 0 Å². The Labute approximate surface area is 117 Å². The van der Waals surface area contributed by atoms with Gasteiger partial charge in [-0.25, -0.2) is 0 Å². The van der Waals surface area contributed by atoms with E-state index in [9.17, 15) is 0 Å². The third-order valence-electron chi connectivity index (χ3n) is 3.02. The first kappa shape index (κ1) is 13.6. The van der Waals surface area contributed by atoms with E-state index in [-0.39, 0.29) is 6.04 Å². The third-order valence-corrected chi connectivity index (χ3v) is 3.56. The van der Waals surface area contributed by atoms with E-state index in [1.165, 1.54) is 0 Å². The Morgan fingerprint density at radius 3 is 2.94 bits per heavy atom. The lowest BCUT2D eigenvalue weighted by Crippen LogP contribution is -2.14. The molecule has 98 valence electrons. The van der Waals surface area contributed by atoms with Gasteiger partial charge in [0.2, 0.25) is 0 Å². The molecule has 1 atom stereocenters. The fourth-order valence-electron chi connectivity index (χ4n) is 2.28. The highest BCUT2D eigenvalue weighted by Crippen LogP contribution is 2.25. The van der Waals surface area contributed by atoms with E-state index >= 15 is 0 Å². The Morgan fingerprint density at radius 2 is 2.28 bits per heavy atom. The minimum absolute atomic E-state index is 0.266. The highest BCUT2D eigenvalue weighted by Gasteiger charge is 2.14. The number of aromatic nitrogens is 2. The molecular weight excluding hydrogens is 268 g/mol. The molecule has 3 nitrogen and oxygen atoms in total. The van der Waals surface area contributed by atoms with Crippen LogP contribution in [-0.4, -0.2) is 23.3 Å². The molecule has 2 aromatic rings. The summed E-state index contributed by atoms with van der Waals surface area (Å²) >= 11 is 11.4. The van der Waals surface area contributed by atoms with Crippen molar-refractivity contribution in [1.82, 2.24) is 9.55 Å². The lowest BCUT2D eigenvalue weighted by molar-refractivity contribution is 0.151. The van der Waals surface area contributed by atoms with Crippen LogP contribution in [-0.2, 0) is 4.74 Å². The van der Waals surface area contributed by atoms with Crippen LogP contribution < -0.4 is 0 Å². The first-order chi connectivity index (χ1) is 8.67. The fraction of sp³-hybridized carbons (Fsp3) is 0.462. The molecule has 0 saturated heterocycles. The Balaban J connectivity index is 2.54. The van der Waals surface area contributed by atoms with Gasteiger partial charge in [0.1, 0.15) is 0 Å². The number of hydrogen-bond donors (Lipinski definition) is 1. The van der Waals surface area contributed by atoms with Gasteiger partial charge in [0.15, 0.2) is 4.77 Å². The summed E-state index contributed by atoms with van der Waals surface area (Å²) in [6.45, 7) is 2.83. The molecule has 5 heteroatoms. The number of ether oxygens (including phenoxy) is 1. The molecule has 1 aromatic carbocycles. The second-order valence-electron chi connectivity index (χ2n) is 4.36. The fourth-order valence-corrected chi connectivity index (χ4v) is 2.81. The van der Waals surface area contributed by atoms with Crippen molar-refractivity contribution >= 4 is 34.9 Å². The van der Waals surface area contributed by atoms with Crippen molar-refractivity contribution in [3.63, 3.8) is 0 Å². The second-order valence-corrected chi connectivity index (χ2v) is 5.18. The number of aromatic amines is 1. The Kier molecular flexibility index (Phi) is 4.43. The van der Waals surface area contributed by atoms with E-state index in [2.05, 4.69) is 16.5 Å². The van der Waals surface area contributed by atoms with Crippen LogP contribution >= 0.6 is 23.8 Å². The third kappa shape index (κ3) is 2.60. The number of methoxy groups -OCH3 is 1. The molecule has 0 radical (unpaired) electrons. The molecule has 1 heterocycles. The standard InChI is InChI=1S/C13H17ClN2OS/c1-3-4-10(8-17-2)16-12-6-5-9(14)7-11(12)15-13(16)18/h5-7,10H,3-4,8H2,1-2H3,(H,15,18). The van der Waals surface area contributed by atoms with Crippen LogP contribution in [0, 0.1) is 4.77 Å². The average Bonchev–Trinajstić information content (AvgIpc) is 2.64. The summed E-state index contributed by atoms with van der Waals surface area (Å²) in [5.41, 5.74) is 2.06. The van der Waals surface area contributed by atoms with Gasteiger partial charge in [0.05, 0.1) is 23.7 Å². The zero-order valence-electron chi connectivity index (χ0n) is 10.6. The molecule has 0 aliphatic carbocycles. The zero-order chi connectivity index (χ0) is 13.1. The first-order valence-electron chi connectivity index (χ1n) is 6.06. The molecule has 0 aliphatic heterocycles. The summed E-state index contributed by atoms with van der Waals surface area (Å²) in [4.78, 5) is 3.20. The predicted octanol–water partition coefficient (Wildman–Crippen LogP) is 4.34. The summed E-state index contributed by atoms with van der Waals surface area (Å²) in [6.07, 6.45) is 2.13. The molecule has 0 fully saturated rings. The molecule has 0 amide bonds. The minimum Gasteiger partial charge on any atom is -0.383 e. The maximum absolute atomic E-state index is 5.99. The minimum atomic E-state index is 0.266. The Morgan fingerprint density at radius 1 is 1.50 bits per heavy atom. The maximum Gasteiger partial charge on any atom is 0.178 e. The lowest BCUT2D eigenvalue weighted by Gasteiger charge is -2.18. The van der Waals surface area contributed by atoms with Crippen LogP contribution in [0.3, 0.4) is 0 Å². The molecule has 18 heavy (non-hydrogen) atoms. The molecule has 1 aromatic heterocycles. The van der Waals surface area contributed by atoms with Crippen molar-refractivity contribution in [2.75, 3.05) is 13.7 Å². The summed E-state index contributed by atoms with van der Waals surface area (Å²) in [7, 11) is 1.72. The zero-order valence-corrected chi connectivity index (χ0v) is 12.1. The van der Waals surface area contributed by atoms with Crippen molar-refractivity contribution in [2.24, 2.45) is 0 Å². The maximum atomic E-state index is 5.99. The summed E-state index contributed by atoms with van der Waals surface area (Å²) in [6, 6.07) is 6.06. The van der Waals surface area contributed by atoms with E-state index in [0.29, 0.717) is 11.6 Å². The van der Waals surface area contributed by atoms with Gasteiger partial charge in [-0.3, -0.25) is 0 Å². The van der Waals surface area contributed by atoms with Gasteiger partial charge in [0.25, 0.3) is 0 Å². The number of halogens is 1. The van der Waals surface area contributed by atoms with Gasteiger partial charge < -0.3 is 14.3 Å². The molecule has 1 unspecified atom stereocenters. The number of hydrogen-bond acceptors (Lipinski definition) is 2. The van der Waals surface area contributed by atoms with Crippen LogP contribution in [0.2, 0.25) is 5.02 Å². The number of benzene rings is 1. The number of imidazole rings is 1. The van der Waals surface area contributed by atoms with Crippen LogP contribution in [0.25, 0.3) is 11.0 Å². The molecule has 0 aliphatic rings. The van der Waals surface area contributed by atoms with E-state index in [1.807, 2.05) is 18.2 Å². The van der Waals surface area contributed by atoms with E-state index in [1.54, 1.807) is 7.11 Å². The SMILES string of the molecule is CCCC(COC)n1c(=S)[nH]c2cc(Cl)ccc21. The normalized spacial score (nSPS) is 13.1. The molecule has 2 rings (SSSR count). The predicted molar refractivity (Wildman–Crippen MR) is 78.0 cm³/mol. The molecular formula is C13H17ClN2OS. The Hall–Kier alpha value is -0.840. The van der Waals surface area contributed by atoms with Crippen LogP contribution in [0.5, 0.6) is 0 Å². The monoisotopic (exact) mass is 284 g/mol. The molecule has 0 spiro atoms. The molecule has 0 saturated carbocycles. The van der Waals surface area contributed by atoms with Gasteiger partial charge in [-0.05, 0) is 36.8 Å². The van der Waals surface area contributed by atoms with Crippen molar-refractivity contribution in [1.29, 1.82) is 0 Å². The number of H-pyrrole nitrogens is 1. The Bertz CT molecular complexity index is 584. The summed E-state index contributed by atoms with van der Waals surface area (Å²) in [5.74, 6) is 0. The van der Waals surface area contributed by atoms with E-state index in [0.717, 1.165) is 28.6 Å². The number of nitrogens with one attached hydrogen (secondary N) is 1. The van der Waals surface area contributed by atoms with Gasteiger partial charge in [-0.2, -0.15) is 0 Å². The number of rotatable bonds is 5. The highest BCUT2D eigenvalue weighted by atomic mass is 35.5. The van der Waals surface area contributed by atoms with Crippen molar-refractivity contribution in [3.8, 4) is 0 Å². The summed E-state index contributed by atoms with van der Waals surface area (Å²) < 4.78 is 8.16. The van der Waals surface area contributed by atoms with E-state index in [4.69, 9.17) is 28.6 Å². The van der Waals surface area contributed by atoms with Crippen molar-refractivity contribution < 1.29 is 4.74 Å². The second kappa shape index (κ2) is 5.87. The first-order valence-corrected chi connectivity index (χ1v) is 6.84. The van der Waals surface area contributed by atoms with Crippen LogP contribution in [0.1, 0.15) is 25.8 Å².